The Morgan fingerprint density at radius 3 is 2.62 bits per heavy atom. The van der Waals surface area contributed by atoms with E-state index in [9.17, 15) is 23.9 Å². The smallest absolute Gasteiger partial charge is 0.308 e. The lowest BCUT2D eigenvalue weighted by molar-refractivity contribution is -0.142. The SMILES string of the molecule is O=C(O)[C@H]1CN(C(=O)CN2CCCC2=O)C[C@@H]1c1ccccc1F. The van der Waals surface area contributed by atoms with E-state index in [1.807, 2.05) is 0 Å². The number of likely N-dealkylation sites (tertiary alicyclic amines) is 2. The van der Waals surface area contributed by atoms with Crippen molar-refractivity contribution in [3.63, 3.8) is 0 Å². The van der Waals surface area contributed by atoms with Crippen molar-refractivity contribution in [3.8, 4) is 0 Å². The number of hydrogen-bond donors (Lipinski definition) is 1. The summed E-state index contributed by atoms with van der Waals surface area (Å²) in [7, 11) is 0. The first-order valence-electron chi connectivity index (χ1n) is 8.00. The molecule has 24 heavy (non-hydrogen) atoms. The summed E-state index contributed by atoms with van der Waals surface area (Å²) in [5.41, 5.74) is 0.317. The average molecular weight is 334 g/mol. The Labute approximate surface area is 138 Å². The molecule has 0 aliphatic carbocycles. The highest BCUT2D eigenvalue weighted by atomic mass is 19.1. The third-order valence-corrected chi connectivity index (χ3v) is 4.79. The Bertz CT molecular complexity index is 678. The van der Waals surface area contributed by atoms with Crippen LogP contribution in [0.4, 0.5) is 4.39 Å². The zero-order valence-corrected chi connectivity index (χ0v) is 13.2. The molecule has 2 aliphatic heterocycles. The highest BCUT2D eigenvalue weighted by molar-refractivity contribution is 5.86. The van der Waals surface area contributed by atoms with Crippen LogP contribution in [-0.2, 0) is 14.4 Å². The molecule has 2 atom stereocenters. The number of benzene rings is 1. The van der Waals surface area contributed by atoms with Gasteiger partial charge in [0.15, 0.2) is 0 Å². The van der Waals surface area contributed by atoms with Gasteiger partial charge in [-0.1, -0.05) is 18.2 Å². The molecule has 2 aliphatic rings. The molecular formula is C17H19FN2O4. The molecule has 2 heterocycles. The third kappa shape index (κ3) is 3.11. The van der Waals surface area contributed by atoms with Gasteiger partial charge in [-0.05, 0) is 18.1 Å². The van der Waals surface area contributed by atoms with Gasteiger partial charge in [-0.2, -0.15) is 0 Å². The summed E-state index contributed by atoms with van der Waals surface area (Å²) >= 11 is 0. The van der Waals surface area contributed by atoms with Crippen LogP contribution in [0.3, 0.4) is 0 Å². The summed E-state index contributed by atoms with van der Waals surface area (Å²) in [4.78, 5) is 38.5. The highest BCUT2D eigenvalue weighted by Gasteiger charge is 2.41. The minimum absolute atomic E-state index is 0.0326. The predicted molar refractivity (Wildman–Crippen MR) is 82.7 cm³/mol. The largest absolute Gasteiger partial charge is 0.481 e. The Morgan fingerprint density at radius 1 is 1.25 bits per heavy atom. The molecule has 0 bridgehead atoms. The molecule has 1 N–H and O–H groups in total. The first kappa shape index (κ1) is 16.4. The third-order valence-electron chi connectivity index (χ3n) is 4.79. The minimum atomic E-state index is -1.05. The molecule has 2 saturated heterocycles. The van der Waals surface area contributed by atoms with Gasteiger partial charge in [0, 0.05) is 32.0 Å². The van der Waals surface area contributed by atoms with Crippen molar-refractivity contribution in [2.24, 2.45) is 5.92 Å². The van der Waals surface area contributed by atoms with E-state index >= 15 is 0 Å². The number of hydrogen-bond acceptors (Lipinski definition) is 3. The zero-order valence-electron chi connectivity index (χ0n) is 13.2. The summed E-state index contributed by atoms with van der Waals surface area (Å²) in [5, 5.41) is 9.44. The van der Waals surface area contributed by atoms with Crippen LogP contribution in [-0.4, -0.2) is 58.9 Å². The minimum Gasteiger partial charge on any atom is -0.481 e. The molecule has 2 fully saturated rings. The van der Waals surface area contributed by atoms with Gasteiger partial charge in [-0.15, -0.1) is 0 Å². The Balaban J connectivity index is 1.75. The van der Waals surface area contributed by atoms with Gasteiger partial charge in [0.05, 0.1) is 12.5 Å². The molecule has 6 nitrogen and oxygen atoms in total. The van der Waals surface area contributed by atoms with Crippen molar-refractivity contribution in [1.29, 1.82) is 0 Å². The standard InChI is InChI=1S/C17H19FN2O4/c18-14-5-2-1-4-11(14)12-8-20(9-13(12)17(23)24)16(22)10-19-7-3-6-15(19)21/h1-2,4-5,12-13H,3,6-10H2,(H,23,24)/t12-,13+/m1/s1. The second-order valence-electron chi connectivity index (χ2n) is 6.29. The first-order valence-corrected chi connectivity index (χ1v) is 8.00. The molecule has 0 unspecified atom stereocenters. The van der Waals surface area contributed by atoms with E-state index in [1.165, 1.54) is 15.9 Å². The number of carbonyl (C=O) groups excluding carboxylic acids is 2. The van der Waals surface area contributed by atoms with Gasteiger partial charge in [-0.25, -0.2) is 4.39 Å². The van der Waals surface area contributed by atoms with Crippen molar-refractivity contribution in [2.45, 2.75) is 18.8 Å². The lowest BCUT2D eigenvalue weighted by Gasteiger charge is -2.21. The van der Waals surface area contributed by atoms with E-state index in [0.717, 1.165) is 6.42 Å². The lowest BCUT2D eigenvalue weighted by Crippen LogP contribution is -2.40. The van der Waals surface area contributed by atoms with Crippen molar-refractivity contribution in [2.75, 3.05) is 26.2 Å². The van der Waals surface area contributed by atoms with Gasteiger partial charge >= 0.3 is 5.97 Å². The fraction of sp³-hybridized carbons (Fsp3) is 0.471. The number of carboxylic acid groups (broad SMARTS) is 1. The van der Waals surface area contributed by atoms with Crippen LogP contribution in [0.5, 0.6) is 0 Å². The van der Waals surface area contributed by atoms with Gasteiger partial charge < -0.3 is 14.9 Å². The molecule has 0 aromatic heterocycles. The fourth-order valence-corrected chi connectivity index (χ4v) is 3.48. The average Bonchev–Trinajstić information content (AvgIpc) is 3.15. The number of halogens is 1. The number of carboxylic acids is 1. The van der Waals surface area contributed by atoms with Crippen LogP contribution in [0.1, 0.15) is 24.3 Å². The van der Waals surface area contributed by atoms with Crippen LogP contribution in [0, 0.1) is 11.7 Å². The summed E-state index contributed by atoms with van der Waals surface area (Å²) in [5.74, 6) is -3.27. The van der Waals surface area contributed by atoms with E-state index in [2.05, 4.69) is 0 Å². The van der Waals surface area contributed by atoms with Crippen LogP contribution >= 0.6 is 0 Å². The van der Waals surface area contributed by atoms with E-state index in [4.69, 9.17) is 0 Å². The molecule has 0 radical (unpaired) electrons. The van der Waals surface area contributed by atoms with Gasteiger partial charge in [0.2, 0.25) is 11.8 Å². The summed E-state index contributed by atoms with van der Waals surface area (Å²) < 4.78 is 14.0. The molecule has 2 amide bonds. The Morgan fingerprint density at radius 2 is 2.00 bits per heavy atom. The normalized spacial score (nSPS) is 23.8. The second kappa shape index (κ2) is 6.59. The summed E-state index contributed by atoms with van der Waals surface area (Å²) in [6.07, 6.45) is 1.19. The molecule has 1 aromatic carbocycles. The molecule has 0 spiro atoms. The van der Waals surface area contributed by atoms with Crippen molar-refractivity contribution < 1.29 is 23.9 Å². The zero-order chi connectivity index (χ0) is 17.3. The second-order valence-corrected chi connectivity index (χ2v) is 6.29. The Kier molecular flexibility index (Phi) is 4.51. The number of rotatable bonds is 4. The summed E-state index contributed by atoms with van der Waals surface area (Å²) in [6.45, 7) is 0.709. The molecule has 128 valence electrons. The summed E-state index contributed by atoms with van der Waals surface area (Å²) in [6, 6.07) is 6.06. The number of nitrogens with zero attached hydrogens (tertiary/aromatic N) is 2. The quantitative estimate of drug-likeness (QED) is 0.894. The maximum Gasteiger partial charge on any atom is 0.308 e. The van der Waals surface area contributed by atoms with E-state index in [-0.39, 0.29) is 31.4 Å². The van der Waals surface area contributed by atoms with Gasteiger partial charge in [0.25, 0.3) is 0 Å². The molecule has 0 saturated carbocycles. The van der Waals surface area contributed by atoms with Crippen LogP contribution in [0.2, 0.25) is 0 Å². The molecular weight excluding hydrogens is 315 g/mol. The predicted octanol–water partition coefficient (Wildman–Crippen LogP) is 1.07. The monoisotopic (exact) mass is 334 g/mol. The maximum atomic E-state index is 14.0. The molecule has 3 rings (SSSR count). The van der Waals surface area contributed by atoms with Gasteiger partial charge in [0.1, 0.15) is 5.82 Å². The Hall–Kier alpha value is -2.44. The maximum absolute atomic E-state index is 14.0. The lowest BCUT2D eigenvalue weighted by atomic mass is 9.89. The number of amides is 2. The van der Waals surface area contributed by atoms with Crippen molar-refractivity contribution in [1.82, 2.24) is 9.80 Å². The van der Waals surface area contributed by atoms with Crippen molar-refractivity contribution in [3.05, 3.63) is 35.6 Å². The molecule has 7 heteroatoms. The number of aliphatic carboxylic acids is 1. The molecule has 1 aromatic rings. The van der Waals surface area contributed by atoms with E-state index in [0.29, 0.717) is 18.5 Å². The van der Waals surface area contributed by atoms with E-state index in [1.54, 1.807) is 18.2 Å². The van der Waals surface area contributed by atoms with Crippen LogP contribution in [0.25, 0.3) is 0 Å². The highest BCUT2D eigenvalue weighted by Crippen LogP contribution is 2.34. The van der Waals surface area contributed by atoms with Crippen LogP contribution in [0.15, 0.2) is 24.3 Å². The topological polar surface area (TPSA) is 77.9 Å². The number of carbonyl (C=O) groups is 3. The van der Waals surface area contributed by atoms with Crippen molar-refractivity contribution >= 4 is 17.8 Å². The van der Waals surface area contributed by atoms with Crippen LogP contribution < -0.4 is 0 Å². The first-order chi connectivity index (χ1) is 11.5. The van der Waals surface area contributed by atoms with Gasteiger partial charge in [-0.3, -0.25) is 14.4 Å². The van der Waals surface area contributed by atoms with E-state index < -0.39 is 23.6 Å². The fourth-order valence-electron chi connectivity index (χ4n) is 3.48.